The number of nitrogens with zero attached hydrogens (tertiary/aromatic N) is 1. The second-order valence-corrected chi connectivity index (χ2v) is 4.92. The minimum Gasteiger partial charge on any atom is -0.454 e. The van der Waals surface area contributed by atoms with E-state index in [-0.39, 0.29) is 0 Å². The maximum atomic E-state index is 6.01. The van der Waals surface area contributed by atoms with Crippen LogP contribution in [0.4, 0.5) is 5.69 Å². The van der Waals surface area contributed by atoms with Crippen molar-refractivity contribution in [1.29, 1.82) is 0 Å². The lowest BCUT2D eigenvalue weighted by molar-refractivity contribution is 0.174. The van der Waals surface area contributed by atoms with Gasteiger partial charge in [-0.05, 0) is 18.1 Å². The number of ether oxygens (including phenoxy) is 2. The van der Waals surface area contributed by atoms with E-state index in [2.05, 4.69) is 11.0 Å². The second-order valence-electron chi connectivity index (χ2n) is 4.23. The van der Waals surface area contributed by atoms with Gasteiger partial charge in [-0.1, -0.05) is 0 Å². The highest BCUT2D eigenvalue weighted by molar-refractivity contribution is 6.19. The molecule has 0 saturated heterocycles. The Hall–Kier alpha value is -0.800. The monoisotopic (exact) mass is 273 g/mol. The molecule has 5 heteroatoms. The topological polar surface area (TPSA) is 21.7 Å². The molecular weight excluding hydrogens is 261 g/mol. The summed E-state index contributed by atoms with van der Waals surface area (Å²) in [7, 11) is 0. The molecule has 0 spiro atoms. The smallest absolute Gasteiger partial charge is 0.231 e. The summed E-state index contributed by atoms with van der Waals surface area (Å²) in [4.78, 5) is 2.26. The lowest BCUT2D eigenvalue weighted by Gasteiger charge is -2.25. The molecule has 0 aromatic heterocycles. The van der Waals surface area contributed by atoms with Crippen LogP contribution in [-0.4, -0.2) is 31.1 Å². The maximum absolute atomic E-state index is 6.01. The van der Waals surface area contributed by atoms with Gasteiger partial charge in [-0.2, -0.15) is 0 Å². The molecule has 0 bridgehead atoms. The van der Waals surface area contributed by atoms with E-state index in [4.69, 9.17) is 32.7 Å². The third-order valence-electron chi connectivity index (χ3n) is 3.28. The number of halogens is 2. The number of rotatable bonds is 3. The van der Waals surface area contributed by atoms with E-state index in [1.807, 2.05) is 6.07 Å². The fourth-order valence-corrected chi connectivity index (χ4v) is 2.95. The largest absolute Gasteiger partial charge is 0.454 e. The summed E-state index contributed by atoms with van der Waals surface area (Å²) < 4.78 is 10.8. The van der Waals surface area contributed by atoms with Gasteiger partial charge in [0.1, 0.15) is 0 Å². The number of benzene rings is 1. The van der Waals surface area contributed by atoms with Gasteiger partial charge in [-0.3, -0.25) is 0 Å². The molecule has 0 saturated carbocycles. The molecule has 2 aliphatic heterocycles. The van der Waals surface area contributed by atoms with Crippen molar-refractivity contribution in [3.05, 3.63) is 17.7 Å². The number of fused-ring (bicyclic) bond motifs is 2. The van der Waals surface area contributed by atoms with Crippen molar-refractivity contribution in [3.8, 4) is 11.5 Å². The third kappa shape index (κ3) is 1.81. The average Bonchev–Trinajstić information content (AvgIpc) is 2.91. The van der Waals surface area contributed by atoms with Crippen LogP contribution in [0.3, 0.4) is 0 Å². The van der Waals surface area contributed by atoms with Crippen LogP contribution in [0.2, 0.25) is 0 Å². The zero-order valence-electron chi connectivity index (χ0n) is 9.29. The normalized spacial score (nSPS) is 20.8. The molecule has 1 unspecified atom stereocenters. The van der Waals surface area contributed by atoms with Gasteiger partial charge in [0, 0.05) is 36.1 Å². The number of alkyl halides is 2. The van der Waals surface area contributed by atoms with Gasteiger partial charge < -0.3 is 14.4 Å². The molecule has 92 valence electrons. The van der Waals surface area contributed by atoms with Crippen LogP contribution in [0.1, 0.15) is 5.56 Å². The molecular formula is C12H13Cl2NO2. The van der Waals surface area contributed by atoms with Crippen LogP contribution in [0.5, 0.6) is 11.5 Å². The quantitative estimate of drug-likeness (QED) is 0.791. The molecule has 0 radical (unpaired) electrons. The van der Waals surface area contributed by atoms with Crippen LogP contribution in [-0.2, 0) is 6.42 Å². The Morgan fingerprint density at radius 3 is 2.71 bits per heavy atom. The summed E-state index contributed by atoms with van der Waals surface area (Å²) in [6.07, 6.45) is 0.951. The van der Waals surface area contributed by atoms with E-state index in [0.717, 1.165) is 24.5 Å². The predicted octanol–water partition coefficient (Wildman–Crippen LogP) is 2.62. The molecule has 0 aliphatic carbocycles. The fourth-order valence-electron chi connectivity index (χ4n) is 2.50. The van der Waals surface area contributed by atoms with Gasteiger partial charge in [0.25, 0.3) is 0 Å². The Kier molecular flexibility index (Phi) is 2.97. The Bertz CT molecular complexity index is 439. The van der Waals surface area contributed by atoms with Crippen molar-refractivity contribution in [2.45, 2.75) is 12.5 Å². The van der Waals surface area contributed by atoms with Crippen molar-refractivity contribution < 1.29 is 9.47 Å². The first-order valence-electron chi connectivity index (χ1n) is 5.64. The molecule has 0 amide bonds. The van der Waals surface area contributed by atoms with Gasteiger partial charge in [0.2, 0.25) is 6.79 Å². The Labute approximate surface area is 110 Å². The molecule has 1 atom stereocenters. The molecule has 3 nitrogen and oxygen atoms in total. The second kappa shape index (κ2) is 4.46. The van der Waals surface area contributed by atoms with Crippen LogP contribution < -0.4 is 14.4 Å². The highest BCUT2D eigenvalue weighted by Crippen LogP contribution is 2.42. The molecule has 2 heterocycles. The SMILES string of the molecule is ClCCN1c2cc3c(cc2CC1CCl)OCO3. The van der Waals surface area contributed by atoms with Crippen molar-refractivity contribution in [2.24, 2.45) is 0 Å². The fraction of sp³-hybridized carbons (Fsp3) is 0.500. The number of hydrogen-bond donors (Lipinski definition) is 0. The van der Waals surface area contributed by atoms with Crippen LogP contribution in [0.25, 0.3) is 0 Å². The summed E-state index contributed by atoms with van der Waals surface area (Å²) >= 11 is 11.9. The van der Waals surface area contributed by atoms with Gasteiger partial charge >= 0.3 is 0 Å². The van der Waals surface area contributed by atoms with Gasteiger partial charge in [0.05, 0.1) is 0 Å². The van der Waals surface area contributed by atoms with Crippen LogP contribution >= 0.6 is 23.2 Å². The predicted molar refractivity (Wildman–Crippen MR) is 68.8 cm³/mol. The zero-order valence-corrected chi connectivity index (χ0v) is 10.8. The van der Waals surface area contributed by atoms with Crippen molar-refractivity contribution in [2.75, 3.05) is 30.0 Å². The van der Waals surface area contributed by atoms with Crippen molar-refractivity contribution >= 4 is 28.9 Å². The molecule has 0 N–H and O–H groups in total. The van der Waals surface area contributed by atoms with Crippen LogP contribution in [0.15, 0.2) is 12.1 Å². The Balaban J connectivity index is 1.98. The zero-order chi connectivity index (χ0) is 11.8. The maximum Gasteiger partial charge on any atom is 0.231 e. The average molecular weight is 274 g/mol. The summed E-state index contributed by atoms with van der Waals surface area (Å²) in [6.45, 7) is 1.12. The van der Waals surface area contributed by atoms with Crippen LogP contribution in [0, 0.1) is 0 Å². The molecule has 3 rings (SSSR count). The van der Waals surface area contributed by atoms with Gasteiger partial charge in [-0.15, -0.1) is 23.2 Å². The minimum absolute atomic E-state index is 0.312. The number of anilines is 1. The minimum atomic E-state index is 0.312. The van der Waals surface area contributed by atoms with Gasteiger partial charge in [-0.25, -0.2) is 0 Å². The van der Waals surface area contributed by atoms with E-state index < -0.39 is 0 Å². The molecule has 2 aliphatic rings. The first-order chi connectivity index (χ1) is 8.33. The summed E-state index contributed by atoms with van der Waals surface area (Å²) in [5, 5.41) is 0. The third-order valence-corrected chi connectivity index (χ3v) is 3.81. The number of hydrogen-bond acceptors (Lipinski definition) is 3. The highest BCUT2D eigenvalue weighted by atomic mass is 35.5. The first kappa shape index (κ1) is 11.3. The lowest BCUT2D eigenvalue weighted by Crippen LogP contribution is -2.34. The first-order valence-corrected chi connectivity index (χ1v) is 6.71. The summed E-state index contributed by atoms with van der Waals surface area (Å²) in [6, 6.07) is 4.43. The Morgan fingerprint density at radius 2 is 2.00 bits per heavy atom. The standard InChI is InChI=1S/C12H13Cl2NO2/c13-1-2-15-9(6-14)3-8-4-11-12(5-10(8)15)17-7-16-11/h4-5,9H,1-3,6-7H2. The summed E-state index contributed by atoms with van der Waals surface area (Å²) in [5.41, 5.74) is 2.45. The van der Waals surface area contributed by atoms with E-state index in [1.54, 1.807) is 0 Å². The highest BCUT2D eigenvalue weighted by Gasteiger charge is 2.31. The van der Waals surface area contributed by atoms with Crippen molar-refractivity contribution in [1.82, 2.24) is 0 Å². The van der Waals surface area contributed by atoms with Crippen molar-refractivity contribution in [3.63, 3.8) is 0 Å². The van der Waals surface area contributed by atoms with E-state index >= 15 is 0 Å². The molecule has 17 heavy (non-hydrogen) atoms. The van der Waals surface area contributed by atoms with E-state index in [9.17, 15) is 0 Å². The van der Waals surface area contributed by atoms with Gasteiger partial charge in [0.15, 0.2) is 11.5 Å². The molecule has 1 aromatic carbocycles. The summed E-state index contributed by atoms with van der Waals surface area (Å²) in [5.74, 6) is 2.86. The lowest BCUT2D eigenvalue weighted by atomic mass is 10.1. The van der Waals surface area contributed by atoms with E-state index in [0.29, 0.717) is 24.6 Å². The van der Waals surface area contributed by atoms with E-state index in [1.165, 1.54) is 11.3 Å². The molecule has 1 aromatic rings. The Morgan fingerprint density at radius 1 is 1.24 bits per heavy atom. The molecule has 0 fully saturated rings.